The number of tetrazole rings is 1. The summed E-state index contributed by atoms with van der Waals surface area (Å²) in [6.07, 6.45) is 0.843. The Morgan fingerprint density at radius 3 is 2.70 bits per heavy atom. The van der Waals surface area contributed by atoms with Crippen LogP contribution < -0.4 is 15.4 Å². The van der Waals surface area contributed by atoms with E-state index in [0.29, 0.717) is 23.7 Å². The summed E-state index contributed by atoms with van der Waals surface area (Å²) in [5, 5.41) is 28.4. The summed E-state index contributed by atoms with van der Waals surface area (Å²) in [5.74, 6) is -0.578. The van der Waals surface area contributed by atoms with Crippen LogP contribution in [0.2, 0.25) is 0 Å². The minimum absolute atomic E-state index is 0.102. The predicted molar refractivity (Wildman–Crippen MR) is 160 cm³/mol. The Hall–Kier alpha value is -5.04. The molecule has 0 bridgehead atoms. The molecule has 13 nitrogen and oxygen atoms in total. The highest BCUT2D eigenvalue weighted by Gasteiger charge is 2.34. The lowest BCUT2D eigenvalue weighted by Gasteiger charge is -2.38. The molecule has 5 rings (SSSR count). The van der Waals surface area contributed by atoms with Crippen LogP contribution in [-0.4, -0.2) is 91.8 Å². The van der Waals surface area contributed by atoms with Gasteiger partial charge in [0.25, 0.3) is 5.91 Å². The van der Waals surface area contributed by atoms with E-state index in [1.165, 1.54) is 11.0 Å². The second-order valence-corrected chi connectivity index (χ2v) is 10.7. The van der Waals surface area contributed by atoms with E-state index in [1.807, 2.05) is 49.4 Å². The van der Waals surface area contributed by atoms with Gasteiger partial charge in [0.05, 0.1) is 30.4 Å². The van der Waals surface area contributed by atoms with Gasteiger partial charge in [0.15, 0.2) is 0 Å². The van der Waals surface area contributed by atoms with E-state index in [-0.39, 0.29) is 49.0 Å². The van der Waals surface area contributed by atoms with E-state index < -0.39 is 12.1 Å². The molecule has 3 atom stereocenters. The number of amides is 4. The SMILES string of the molecule is C[C@H](CO)N1C[C@H](C)[C@@H](CN(C)C(=O)Nc2cccc3ccccc23)Oc2ccc(NC(=O)Cn3cnnn3)cc2C1=O. The summed E-state index contributed by atoms with van der Waals surface area (Å²) in [4.78, 5) is 42.6. The Morgan fingerprint density at radius 2 is 1.93 bits per heavy atom. The normalized spacial score (nSPS) is 17.3. The van der Waals surface area contributed by atoms with Crippen molar-refractivity contribution in [3.63, 3.8) is 0 Å². The van der Waals surface area contributed by atoms with Gasteiger partial charge in [0, 0.05) is 30.6 Å². The van der Waals surface area contributed by atoms with Crippen molar-refractivity contribution < 1.29 is 24.2 Å². The Kier molecular flexibility index (Phi) is 8.81. The number of aromatic nitrogens is 4. The molecule has 13 heteroatoms. The number of urea groups is 1. The lowest BCUT2D eigenvalue weighted by atomic mass is 9.99. The van der Waals surface area contributed by atoms with Gasteiger partial charge in [-0.25, -0.2) is 9.48 Å². The largest absolute Gasteiger partial charge is 0.487 e. The third-order valence-electron chi connectivity index (χ3n) is 7.48. The van der Waals surface area contributed by atoms with Crippen LogP contribution in [0, 0.1) is 5.92 Å². The fourth-order valence-electron chi connectivity index (χ4n) is 5.02. The number of likely N-dealkylation sites (N-methyl/N-ethyl adjacent to an activating group) is 1. The number of nitrogens with one attached hydrogen (secondary N) is 2. The molecule has 0 radical (unpaired) electrons. The first-order valence-electron chi connectivity index (χ1n) is 14.0. The predicted octanol–water partition coefficient (Wildman–Crippen LogP) is 2.85. The van der Waals surface area contributed by atoms with Crippen molar-refractivity contribution in [3.05, 3.63) is 72.6 Å². The molecule has 0 unspecified atom stereocenters. The molecule has 2 heterocycles. The standard InChI is InChI=1S/C30H34N8O5/c1-19-14-38(20(2)17-39)29(41)24-13-22(32-28(40)16-37-18-31-34-35-37)11-12-26(24)43-27(19)15-36(3)30(42)33-25-10-6-8-21-7-4-5-9-23(21)25/h4-13,18-20,27,39H,14-17H2,1-3H3,(H,32,40)(H,33,42)/t19-,20+,27+/m0/s1. The zero-order valence-electron chi connectivity index (χ0n) is 24.2. The van der Waals surface area contributed by atoms with Gasteiger partial charge in [0.2, 0.25) is 5.91 Å². The zero-order chi connectivity index (χ0) is 30.5. The maximum atomic E-state index is 13.7. The molecule has 0 saturated carbocycles. The highest BCUT2D eigenvalue weighted by Crippen LogP contribution is 2.31. The summed E-state index contributed by atoms with van der Waals surface area (Å²) < 4.78 is 7.67. The Morgan fingerprint density at radius 1 is 1.14 bits per heavy atom. The van der Waals surface area contributed by atoms with Crippen LogP contribution in [0.4, 0.5) is 16.2 Å². The molecule has 0 spiro atoms. The maximum absolute atomic E-state index is 13.7. The van der Waals surface area contributed by atoms with E-state index in [0.717, 1.165) is 10.8 Å². The van der Waals surface area contributed by atoms with E-state index in [1.54, 1.807) is 42.0 Å². The molecule has 0 saturated heterocycles. The van der Waals surface area contributed by atoms with E-state index >= 15 is 0 Å². The smallest absolute Gasteiger partial charge is 0.321 e. The second-order valence-electron chi connectivity index (χ2n) is 10.7. The fraction of sp³-hybridized carbons (Fsp3) is 0.333. The summed E-state index contributed by atoms with van der Waals surface area (Å²) in [6, 6.07) is 17.6. The van der Waals surface area contributed by atoms with Crippen LogP contribution >= 0.6 is 0 Å². The highest BCUT2D eigenvalue weighted by molar-refractivity contribution is 6.02. The molecule has 0 fully saturated rings. The second kappa shape index (κ2) is 12.9. The monoisotopic (exact) mass is 586 g/mol. The quantitative estimate of drug-likeness (QED) is 0.285. The van der Waals surface area contributed by atoms with Gasteiger partial charge in [-0.05, 0) is 47.0 Å². The van der Waals surface area contributed by atoms with Crippen LogP contribution in [0.3, 0.4) is 0 Å². The number of anilines is 2. The van der Waals surface area contributed by atoms with Crippen molar-refractivity contribution in [3.8, 4) is 5.75 Å². The summed E-state index contributed by atoms with van der Waals surface area (Å²) in [6.45, 7) is 3.91. The lowest BCUT2D eigenvalue weighted by Crippen LogP contribution is -2.50. The Bertz CT molecular complexity index is 1610. The molecule has 4 amide bonds. The van der Waals surface area contributed by atoms with Gasteiger partial charge >= 0.3 is 6.03 Å². The highest BCUT2D eigenvalue weighted by atomic mass is 16.5. The number of carbonyl (C=O) groups excluding carboxylic acids is 3. The minimum Gasteiger partial charge on any atom is -0.487 e. The van der Waals surface area contributed by atoms with Crippen molar-refractivity contribution in [1.82, 2.24) is 30.0 Å². The van der Waals surface area contributed by atoms with E-state index in [4.69, 9.17) is 4.74 Å². The summed E-state index contributed by atoms with van der Waals surface area (Å²) in [7, 11) is 1.69. The van der Waals surface area contributed by atoms with Crippen molar-refractivity contribution in [2.75, 3.05) is 37.4 Å². The van der Waals surface area contributed by atoms with Gasteiger partial charge in [0.1, 0.15) is 24.7 Å². The number of fused-ring (bicyclic) bond motifs is 2. The van der Waals surface area contributed by atoms with Crippen LogP contribution in [0.15, 0.2) is 67.0 Å². The molecular weight excluding hydrogens is 552 g/mol. The van der Waals surface area contributed by atoms with E-state index in [2.05, 4.69) is 26.2 Å². The number of rotatable bonds is 8. The fourth-order valence-corrected chi connectivity index (χ4v) is 5.02. The first kappa shape index (κ1) is 29.5. The van der Waals surface area contributed by atoms with E-state index in [9.17, 15) is 19.5 Å². The van der Waals surface area contributed by atoms with Crippen molar-refractivity contribution in [2.45, 2.75) is 32.5 Å². The average Bonchev–Trinajstić information content (AvgIpc) is 3.51. The average molecular weight is 587 g/mol. The first-order valence-corrected chi connectivity index (χ1v) is 14.0. The van der Waals surface area contributed by atoms with Crippen LogP contribution in [0.1, 0.15) is 24.2 Å². The molecule has 1 aliphatic heterocycles. The Balaban J connectivity index is 1.36. The van der Waals surface area contributed by atoms with Gasteiger partial charge in [-0.3, -0.25) is 9.59 Å². The molecule has 4 aromatic rings. The van der Waals surface area contributed by atoms with Crippen molar-refractivity contribution >= 4 is 40.0 Å². The molecule has 1 aliphatic rings. The summed E-state index contributed by atoms with van der Waals surface area (Å²) in [5.41, 5.74) is 1.33. The number of hydrogen-bond donors (Lipinski definition) is 3. The number of aliphatic hydroxyl groups excluding tert-OH is 1. The van der Waals surface area contributed by atoms with Gasteiger partial charge in [-0.15, -0.1) is 5.10 Å². The number of benzene rings is 3. The molecular formula is C30H34N8O5. The zero-order valence-corrected chi connectivity index (χ0v) is 24.2. The minimum atomic E-state index is -0.483. The van der Waals surface area contributed by atoms with Gasteiger partial charge < -0.3 is 30.3 Å². The van der Waals surface area contributed by atoms with Crippen LogP contribution in [0.5, 0.6) is 5.75 Å². The molecule has 3 N–H and O–H groups in total. The molecule has 3 aromatic carbocycles. The van der Waals surface area contributed by atoms with Gasteiger partial charge in [-0.1, -0.05) is 43.3 Å². The molecule has 224 valence electrons. The number of ether oxygens (including phenoxy) is 1. The number of nitrogens with zero attached hydrogens (tertiary/aromatic N) is 6. The molecule has 1 aromatic heterocycles. The molecule has 43 heavy (non-hydrogen) atoms. The van der Waals surface area contributed by atoms with Crippen LogP contribution in [-0.2, 0) is 11.3 Å². The molecule has 0 aliphatic carbocycles. The number of hydrogen-bond acceptors (Lipinski definition) is 8. The number of carbonyl (C=O) groups is 3. The topological polar surface area (TPSA) is 155 Å². The van der Waals surface area contributed by atoms with Crippen molar-refractivity contribution in [2.24, 2.45) is 5.92 Å². The van der Waals surface area contributed by atoms with Crippen LogP contribution in [0.25, 0.3) is 10.8 Å². The maximum Gasteiger partial charge on any atom is 0.321 e. The Labute approximate surface area is 248 Å². The summed E-state index contributed by atoms with van der Waals surface area (Å²) >= 11 is 0. The third kappa shape index (κ3) is 6.72. The van der Waals surface area contributed by atoms with Crippen molar-refractivity contribution in [1.29, 1.82) is 0 Å². The van der Waals surface area contributed by atoms with Gasteiger partial charge in [-0.2, -0.15) is 0 Å². The first-order chi connectivity index (χ1) is 20.7. The lowest BCUT2D eigenvalue weighted by molar-refractivity contribution is -0.116. The number of aliphatic hydroxyl groups is 1. The third-order valence-corrected chi connectivity index (χ3v) is 7.48.